The summed E-state index contributed by atoms with van der Waals surface area (Å²) in [6, 6.07) is 4.71. The van der Waals surface area contributed by atoms with Crippen molar-refractivity contribution in [3.63, 3.8) is 0 Å². The first-order valence-electron chi connectivity index (χ1n) is 11.3. The van der Waals surface area contributed by atoms with Gasteiger partial charge in [-0.15, -0.1) is 0 Å². The summed E-state index contributed by atoms with van der Waals surface area (Å²) in [6.07, 6.45) is 7.97. The first-order chi connectivity index (χ1) is 14.5. The normalized spacial score (nSPS) is 27.5. The number of hydrogen-bond acceptors (Lipinski definition) is 4. The third-order valence-corrected chi connectivity index (χ3v) is 6.84. The molecule has 0 saturated heterocycles. The van der Waals surface area contributed by atoms with Crippen LogP contribution in [0.25, 0.3) is 0 Å². The standard InChI is InChI=1S/C22H30N6O2/c1-13-5-3-7-17-11-19(25-27(13)17)21(29)23-15-9-16(10-15)24-22(30)20-12-18-8-4-6-14(2)28(18)26-20/h11-16H,3-10H2,1-2H3,(H,23,29)(H,24,30). The Kier molecular flexibility index (Phi) is 4.87. The van der Waals surface area contributed by atoms with Crippen molar-refractivity contribution in [2.75, 3.05) is 0 Å². The average molecular weight is 411 g/mol. The van der Waals surface area contributed by atoms with Crippen LogP contribution < -0.4 is 10.6 Å². The van der Waals surface area contributed by atoms with Crippen LogP contribution in [0.2, 0.25) is 0 Å². The highest BCUT2D eigenvalue weighted by Crippen LogP contribution is 2.26. The highest BCUT2D eigenvalue weighted by molar-refractivity contribution is 5.93. The van der Waals surface area contributed by atoms with Crippen LogP contribution >= 0.6 is 0 Å². The van der Waals surface area contributed by atoms with Crippen LogP contribution in [0.4, 0.5) is 0 Å². The summed E-state index contributed by atoms with van der Waals surface area (Å²) in [7, 11) is 0. The molecule has 2 N–H and O–H groups in total. The number of aryl methyl sites for hydroxylation is 2. The summed E-state index contributed by atoms with van der Waals surface area (Å²) in [5.74, 6) is -0.232. The van der Waals surface area contributed by atoms with Crippen LogP contribution in [0, 0.1) is 0 Å². The van der Waals surface area contributed by atoms with Gasteiger partial charge in [-0.25, -0.2) is 0 Å². The molecule has 0 spiro atoms. The number of fused-ring (bicyclic) bond motifs is 2. The molecule has 8 heteroatoms. The van der Waals surface area contributed by atoms with Crippen LogP contribution in [0.3, 0.4) is 0 Å². The lowest BCUT2D eigenvalue weighted by molar-refractivity contribution is 0.0856. The number of hydrogen-bond donors (Lipinski definition) is 2. The maximum absolute atomic E-state index is 12.6. The average Bonchev–Trinajstić information content (AvgIpc) is 3.32. The van der Waals surface area contributed by atoms with Crippen LogP contribution in [0.1, 0.15) is 96.8 Å². The van der Waals surface area contributed by atoms with E-state index >= 15 is 0 Å². The molecule has 3 aliphatic rings. The van der Waals surface area contributed by atoms with E-state index < -0.39 is 0 Å². The number of carbonyl (C=O) groups excluding carboxylic acids is 2. The van der Waals surface area contributed by atoms with Gasteiger partial charge in [0.2, 0.25) is 0 Å². The van der Waals surface area contributed by atoms with E-state index in [1.807, 2.05) is 21.5 Å². The second kappa shape index (κ2) is 7.56. The van der Waals surface area contributed by atoms with Crippen LogP contribution in [0.5, 0.6) is 0 Å². The molecular formula is C22H30N6O2. The van der Waals surface area contributed by atoms with E-state index in [4.69, 9.17) is 0 Å². The number of aromatic nitrogens is 4. The summed E-state index contributed by atoms with van der Waals surface area (Å²) in [5.41, 5.74) is 3.30. The van der Waals surface area contributed by atoms with Crippen LogP contribution in [0.15, 0.2) is 12.1 Å². The SMILES string of the molecule is CC1CCCc2cc(C(=O)NC3CC(NC(=O)c4cc5n(n4)C(C)CCC5)C3)nn21. The van der Waals surface area contributed by atoms with E-state index in [-0.39, 0.29) is 23.9 Å². The van der Waals surface area contributed by atoms with Crippen molar-refractivity contribution in [1.29, 1.82) is 0 Å². The minimum Gasteiger partial charge on any atom is -0.348 e. The summed E-state index contributed by atoms with van der Waals surface area (Å²) < 4.78 is 3.99. The Morgan fingerprint density at radius 3 is 1.67 bits per heavy atom. The van der Waals surface area contributed by atoms with Gasteiger partial charge in [0.1, 0.15) is 11.4 Å². The fraction of sp³-hybridized carbons (Fsp3) is 0.636. The van der Waals surface area contributed by atoms with Crippen molar-refractivity contribution in [2.45, 2.75) is 89.4 Å². The number of nitrogens with zero attached hydrogens (tertiary/aromatic N) is 4. The van der Waals surface area contributed by atoms with Crippen LogP contribution in [-0.4, -0.2) is 43.5 Å². The molecule has 2 aromatic rings. The molecule has 0 radical (unpaired) electrons. The van der Waals surface area contributed by atoms with Crippen molar-refractivity contribution in [1.82, 2.24) is 30.2 Å². The molecule has 2 aliphatic heterocycles. The predicted molar refractivity (Wildman–Crippen MR) is 111 cm³/mol. The Hall–Kier alpha value is -2.64. The predicted octanol–water partition coefficient (Wildman–Crippen LogP) is 2.57. The Balaban J connectivity index is 1.13. The van der Waals surface area contributed by atoms with E-state index in [0.717, 1.165) is 62.8 Å². The highest BCUT2D eigenvalue weighted by Gasteiger charge is 2.33. The number of carbonyl (C=O) groups is 2. The van der Waals surface area contributed by atoms with E-state index in [2.05, 4.69) is 34.7 Å². The quantitative estimate of drug-likeness (QED) is 0.810. The minimum atomic E-state index is -0.116. The number of rotatable bonds is 4. The zero-order chi connectivity index (χ0) is 20.8. The second-order valence-electron chi connectivity index (χ2n) is 9.23. The van der Waals surface area contributed by atoms with Gasteiger partial charge >= 0.3 is 0 Å². The summed E-state index contributed by atoms with van der Waals surface area (Å²) in [4.78, 5) is 25.2. The molecule has 30 heavy (non-hydrogen) atoms. The van der Waals surface area contributed by atoms with Gasteiger partial charge in [-0.05, 0) is 77.3 Å². The summed E-state index contributed by atoms with van der Waals surface area (Å²) in [5, 5.41) is 15.1. The van der Waals surface area contributed by atoms with E-state index in [0.29, 0.717) is 23.5 Å². The summed E-state index contributed by atoms with van der Waals surface area (Å²) in [6.45, 7) is 4.29. The van der Waals surface area contributed by atoms with Gasteiger partial charge in [0, 0.05) is 35.6 Å². The lowest BCUT2D eigenvalue weighted by atomic mass is 9.86. The molecule has 8 nitrogen and oxygen atoms in total. The molecule has 4 heterocycles. The Labute approximate surface area is 176 Å². The van der Waals surface area contributed by atoms with E-state index in [9.17, 15) is 9.59 Å². The minimum absolute atomic E-state index is 0.0779. The fourth-order valence-electron chi connectivity index (χ4n) is 5.00. The Bertz CT molecular complexity index is 894. The maximum atomic E-state index is 12.6. The molecule has 1 aliphatic carbocycles. The molecule has 160 valence electrons. The number of nitrogens with one attached hydrogen (secondary N) is 2. The maximum Gasteiger partial charge on any atom is 0.272 e. The lowest BCUT2D eigenvalue weighted by Gasteiger charge is -2.35. The van der Waals surface area contributed by atoms with Crippen molar-refractivity contribution >= 4 is 11.8 Å². The van der Waals surface area contributed by atoms with Crippen molar-refractivity contribution in [3.05, 3.63) is 34.9 Å². The lowest BCUT2D eigenvalue weighted by Crippen LogP contribution is -2.53. The Morgan fingerprint density at radius 1 is 0.833 bits per heavy atom. The van der Waals surface area contributed by atoms with Crippen LogP contribution in [-0.2, 0) is 12.8 Å². The van der Waals surface area contributed by atoms with Gasteiger partial charge in [-0.2, -0.15) is 10.2 Å². The monoisotopic (exact) mass is 410 g/mol. The van der Waals surface area contributed by atoms with Gasteiger partial charge in [-0.1, -0.05) is 0 Å². The number of amides is 2. The zero-order valence-electron chi connectivity index (χ0n) is 17.7. The molecular weight excluding hydrogens is 380 g/mol. The van der Waals surface area contributed by atoms with E-state index in [1.165, 1.54) is 0 Å². The first-order valence-corrected chi connectivity index (χ1v) is 11.3. The van der Waals surface area contributed by atoms with Crippen molar-refractivity contribution in [3.8, 4) is 0 Å². The fourth-order valence-corrected chi connectivity index (χ4v) is 5.00. The molecule has 2 unspecified atom stereocenters. The molecule has 5 rings (SSSR count). The van der Waals surface area contributed by atoms with Gasteiger partial charge in [0.05, 0.1) is 0 Å². The van der Waals surface area contributed by atoms with Gasteiger partial charge in [-0.3, -0.25) is 19.0 Å². The molecule has 1 saturated carbocycles. The Morgan fingerprint density at radius 2 is 1.27 bits per heavy atom. The third kappa shape index (κ3) is 3.52. The molecule has 0 aromatic carbocycles. The van der Waals surface area contributed by atoms with Gasteiger partial charge in [0.15, 0.2) is 0 Å². The van der Waals surface area contributed by atoms with Gasteiger partial charge < -0.3 is 10.6 Å². The molecule has 1 fully saturated rings. The summed E-state index contributed by atoms with van der Waals surface area (Å²) >= 11 is 0. The zero-order valence-corrected chi connectivity index (χ0v) is 17.7. The van der Waals surface area contributed by atoms with Gasteiger partial charge in [0.25, 0.3) is 11.8 Å². The van der Waals surface area contributed by atoms with Crippen molar-refractivity contribution in [2.24, 2.45) is 0 Å². The van der Waals surface area contributed by atoms with Crippen molar-refractivity contribution < 1.29 is 9.59 Å². The highest BCUT2D eigenvalue weighted by atomic mass is 16.2. The van der Waals surface area contributed by atoms with E-state index in [1.54, 1.807) is 0 Å². The first kappa shape index (κ1) is 19.3. The largest absolute Gasteiger partial charge is 0.348 e. The molecule has 2 amide bonds. The smallest absolute Gasteiger partial charge is 0.272 e. The molecule has 2 aromatic heterocycles. The topological polar surface area (TPSA) is 93.8 Å². The molecule has 0 bridgehead atoms. The third-order valence-electron chi connectivity index (χ3n) is 6.84. The molecule has 2 atom stereocenters. The second-order valence-corrected chi connectivity index (χ2v) is 9.23.